The highest BCUT2D eigenvalue weighted by Gasteiger charge is 2.12. The number of nitrogen functional groups attached to an aromatic ring is 1. The van der Waals surface area contributed by atoms with Gasteiger partial charge in [-0.25, -0.2) is 0 Å². The first-order valence-corrected chi connectivity index (χ1v) is 6.34. The van der Waals surface area contributed by atoms with Gasteiger partial charge >= 0.3 is 0 Å². The molecule has 0 bridgehead atoms. The molecule has 0 unspecified atom stereocenters. The number of benzene rings is 1. The topological polar surface area (TPSA) is 65.1 Å². The number of aryl methyl sites for hydroxylation is 2. The minimum absolute atomic E-state index is 0.650. The van der Waals surface area contributed by atoms with Crippen molar-refractivity contribution in [2.75, 3.05) is 18.2 Å². The third kappa shape index (κ3) is 2.65. The quantitative estimate of drug-likeness (QED) is 0.865. The molecule has 5 nitrogen and oxygen atoms in total. The van der Waals surface area contributed by atoms with E-state index in [-0.39, 0.29) is 0 Å². The summed E-state index contributed by atoms with van der Waals surface area (Å²) in [4.78, 5) is 0. The van der Waals surface area contributed by atoms with Crippen LogP contribution in [0.1, 0.15) is 18.2 Å². The summed E-state index contributed by atoms with van der Waals surface area (Å²) in [6.45, 7) is 2.69. The van der Waals surface area contributed by atoms with E-state index in [1.807, 2.05) is 38.2 Å². The molecule has 19 heavy (non-hydrogen) atoms. The van der Waals surface area contributed by atoms with Crippen LogP contribution in [-0.4, -0.2) is 16.9 Å². The first kappa shape index (κ1) is 13.3. The number of nitrogens with zero attached hydrogens (tertiary/aromatic N) is 2. The number of rotatable bonds is 5. The molecule has 0 aliphatic heterocycles. The average molecular weight is 260 g/mol. The lowest BCUT2D eigenvalue weighted by Crippen LogP contribution is -2.07. The molecule has 3 N–H and O–H groups in total. The lowest BCUT2D eigenvalue weighted by atomic mass is 10.2. The predicted molar refractivity (Wildman–Crippen MR) is 77.3 cm³/mol. The zero-order chi connectivity index (χ0) is 13.8. The van der Waals surface area contributed by atoms with E-state index >= 15 is 0 Å². The van der Waals surface area contributed by atoms with Crippen LogP contribution in [0.3, 0.4) is 0 Å². The van der Waals surface area contributed by atoms with E-state index in [4.69, 9.17) is 10.5 Å². The molecule has 1 aromatic carbocycles. The van der Waals surface area contributed by atoms with Crippen LogP contribution in [0.5, 0.6) is 5.75 Å². The molecule has 0 atom stereocenters. The van der Waals surface area contributed by atoms with Gasteiger partial charge in [-0.3, -0.25) is 4.68 Å². The van der Waals surface area contributed by atoms with Gasteiger partial charge in [0.05, 0.1) is 18.5 Å². The van der Waals surface area contributed by atoms with E-state index in [9.17, 15) is 0 Å². The molecular formula is C14H20N4O. The van der Waals surface area contributed by atoms with Crippen molar-refractivity contribution in [2.24, 2.45) is 7.05 Å². The zero-order valence-electron chi connectivity index (χ0n) is 11.6. The third-order valence-corrected chi connectivity index (χ3v) is 3.13. The number of aromatic nitrogens is 2. The zero-order valence-corrected chi connectivity index (χ0v) is 11.6. The Morgan fingerprint density at radius 2 is 2.11 bits per heavy atom. The highest BCUT2D eigenvalue weighted by Crippen LogP contribution is 2.24. The Hall–Kier alpha value is -2.17. The standard InChI is InChI=1S/C14H20N4O/c1-4-11-13(15)14(18(2)17-11)16-9-10-7-5-6-8-12(10)19-3/h5-8,16H,4,9,15H2,1-3H3. The van der Waals surface area contributed by atoms with Crippen LogP contribution in [-0.2, 0) is 20.0 Å². The monoisotopic (exact) mass is 260 g/mol. The Morgan fingerprint density at radius 1 is 1.37 bits per heavy atom. The van der Waals surface area contributed by atoms with Gasteiger partial charge in [0, 0.05) is 19.2 Å². The van der Waals surface area contributed by atoms with Gasteiger partial charge in [-0.15, -0.1) is 0 Å². The average Bonchev–Trinajstić information content (AvgIpc) is 2.71. The van der Waals surface area contributed by atoms with E-state index in [1.54, 1.807) is 11.8 Å². The second kappa shape index (κ2) is 5.65. The summed E-state index contributed by atoms with van der Waals surface area (Å²) < 4.78 is 7.11. The Balaban J connectivity index is 2.17. The van der Waals surface area contributed by atoms with Crippen molar-refractivity contribution in [1.29, 1.82) is 0 Å². The van der Waals surface area contributed by atoms with Crippen LogP contribution in [0.2, 0.25) is 0 Å². The number of nitrogens with one attached hydrogen (secondary N) is 1. The van der Waals surface area contributed by atoms with E-state index in [0.717, 1.165) is 34.9 Å². The van der Waals surface area contributed by atoms with Gasteiger partial charge < -0.3 is 15.8 Å². The molecule has 0 saturated heterocycles. The molecule has 102 valence electrons. The molecule has 0 aliphatic rings. The maximum atomic E-state index is 6.07. The van der Waals surface area contributed by atoms with Crippen LogP contribution < -0.4 is 15.8 Å². The third-order valence-electron chi connectivity index (χ3n) is 3.13. The maximum Gasteiger partial charge on any atom is 0.148 e. The van der Waals surface area contributed by atoms with Crippen LogP contribution in [0.4, 0.5) is 11.5 Å². The molecule has 0 fully saturated rings. The summed E-state index contributed by atoms with van der Waals surface area (Å²) in [5.74, 6) is 1.72. The number of hydrogen-bond acceptors (Lipinski definition) is 4. The second-order valence-electron chi connectivity index (χ2n) is 4.35. The van der Waals surface area contributed by atoms with Crippen LogP contribution in [0, 0.1) is 0 Å². The van der Waals surface area contributed by atoms with Gasteiger partial charge in [0.1, 0.15) is 11.6 Å². The number of para-hydroxylation sites is 1. The molecule has 0 radical (unpaired) electrons. The lowest BCUT2D eigenvalue weighted by molar-refractivity contribution is 0.410. The number of methoxy groups -OCH3 is 1. The van der Waals surface area contributed by atoms with Gasteiger partial charge in [-0.05, 0) is 12.5 Å². The summed E-state index contributed by atoms with van der Waals surface area (Å²) in [6, 6.07) is 7.92. The molecule has 0 spiro atoms. The molecule has 0 saturated carbocycles. The number of anilines is 2. The molecular weight excluding hydrogens is 240 g/mol. The van der Waals surface area contributed by atoms with E-state index in [1.165, 1.54) is 0 Å². The van der Waals surface area contributed by atoms with Crippen molar-refractivity contribution < 1.29 is 4.74 Å². The van der Waals surface area contributed by atoms with Crippen molar-refractivity contribution >= 4 is 11.5 Å². The summed E-state index contributed by atoms with van der Waals surface area (Å²) in [7, 11) is 3.56. The largest absolute Gasteiger partial charge is 0.496 e. The van der Waals surface area contributed by atoms with E-state index in [0.29, 0.717) is 6.54 Å². The number of nitrogens with two attached hydrogens (primary N) is 1. The maximum absolute atomic E-state index is 6.07. The van der Waals surface area contributed by atoms with E-state index < -0.39 is 0 Å². The molecule has 2 aromatic rings. The molecule has 0 amide bonds. The van der Waals surface area contributed by atoms with Crippen molar-refractivity contribution in [3.05, 3.63) is 35.5 Å². The highest BCUT2D eigenvalue weighted by molar-refractivity contribution is 5.65. The minimum atomic E-state index is 0.650. The normalized spacial score (nSPS) is 10.5. The number of ether oxygens (including phenoxy) is 1. The summed E-state index contributed by atoms with van der Waals surface area (Å²) >= 11 is 0. The molecule has 2 rings (SSSR count). The molecule has 1 aromatic heterocycles. The Kier molecular flexibility index (Phi) is 3.94. The summed E-state index contributed by atoms with van der Waals surface area (Å²) in [5.41, 5.74) is 8.80. The van der Waals surface area contributed by atoms with Crippen LogP contribution in [0.25, 0.3) is 0 Å². The summed E-state index contributed by atoms with van der Waals surface area (Å²) in [6.07, 6.45) is 0.829. The van der Waals surface area contributed by atoms with E-state index in [2.05, 4.69) is 10.4 Å². The SMILES string of the molecule is CCc1nn(C)c(NCc2ccccc2OC)c1N. The Bertz CT molecular complexity index is 563. The Morgan fingerprint density at radius 3 is 2.74 bits per heavy atom. The van der Waals surface area contributed by atoms with Crippen molar-refractivity contribution in [3.63, 3.8) is 0 Å². The van der Waals surface area contributed by atoms with Crippen molar-refractivity contribution in [3.8, 4) is 5.75 Å². The predicted octanol–water partition coefficient (Wildman–Crippen LogP) is 2.19. The fraction of sp³-hybridized carbons (Fsp3) is 0.357. The fourth-order valence-electron chi connectivity index (χ4n) is 2.09. The van der Waals surface area contributed by atoms with Crippen LogP contribution >= 0.6 is 0 Å². The van der Waals surface area contributed by atoms with Crippen molar-refractivity contribution in [2.45, 2.75) is 19.9 Å². The van der Waals surface area contributed by atoms with Gasteiger partial charge in [0.2, 0.25) is 0 Å². The van der Waals surface area contributed by atoms with Crippen LogP contribution in [0.15, 0.2) is 24.3 Å². The lowest BCUT2D eigenvalue weighted by Gasteiger charge is -2.11. The van der Waals surface area contributed by atoms with Gasteiger partial charge in [0.15, 0.2) is 0 Å². The van der Waals surface area contributed by atoms with Crippen molar-refractivity contribution in [1.82, 2.24) is 9.78 Å². The van der Waals surface area contributed by atoms with Gasteiger partial charge in [-0.1, -0.05) is 25.1 Å². The van der Waals surface area contributed by atoms with Gasteiger partial charge in [0.25, 0.3) is 0 Å². The highest BCUT2D eigenvalue weighted by atomic mass is 16.5. The first-order valence-electron chi connectivity index (χ1n) is 6.34. The molecule has 1 heterocycles. The second-order valence-corrected chi connectivity index (χ2v) is 4.35. The smallest absolute Gasteiger partial charge is 0.148 e. The molecule has 5 heteroatoms. The Labute approximate surface area is 113 Å². The number of hydrogen-bond donors (Lipinski definition) is 2. The first-order chi connectivity index (χ1) is 9.17. The minimum Gasteiger partial charge on any atom is -0.496 e. The van der Waals surface area contributed by atoms with Gasteiger partial charge in [-0.2, -0.15) is 5.10 Å². The fourth-order valence-corrected chi connectivity index (χ4v) is 2.09. The summed E-state index contributed by atoms with van der Waals surface area (Å²) in [5, 5.41) is 7.70. The molecule has 0 aliphatic carbocycles.